The van der Waals surface area contributed by atoms with E-state index < -0.39 is 65.7 Å². The predicted molar refractivity (Wildman–Crippen MR) is 232 cm³/mol. The zero-order chi connectivity index (χ0) is 51.4. The molecule has 374 valence electrons. The summed E-state index contributed by atoms with van der Waals surface area (Å²) >= 11 is 1.62. The number of hydrogen-bond acceptors (Lipinski definition) is 9. The molecule has 0 radical (unpaired) electrons. The number of nitrogens with one attached hydrogen (secondary N) is 1. The van der Waals surface area contributed by atoms with Crippen LogP contribution in [0.2, 0.25) is 0 Å². The van der Waals surface area contributed by atoms with Crippen molar-refractivity contribution in [3.05, 3.63) is 121 Å². The average Bonchev–Trinajstić information content (AvgIpc) is 3.30. The summed E-state index contributed by atoms with van der Waals surface area (Å²) in [6, 6.07) is 44.2. The molecule has 0 aliphatic heterocycles. The largest absolute Gasteiger partial charge is 0.310 e. The SMILES string of the molecule is CCOC(O)C(F)(F)F.COC(=O)C(F)(F)F.COC(O)C(F)(F)F.OCC(F)(F)F.[CH-]=O.[Cl][RuH+2].c1ccc([PH+](CCNCC[PH+](c2ccccc2)c2ccccc2)c2ccccc2)cc1. The number of rotatable bonds is 13. The molecule has 66 heavy (non-hydrogen) atoms. The molecule has 0 amide bonds. The smallest absolute Gasteiger partial charge is 0.0967 e. The molecule has 2 unspecified atom stereocenters. The summed E-state index contributed by atoms with van der Waals surface area (Å²) in [6.07, 6.45) is -21.4. The van der Waals surface area contributed by atoms with Crippen LogP contribution in [0, 0.1) is 0 Å². The van der Waals surface area contributed by atoms with Gasteiger partial charge in [0.05, 0.1) is 56.5 Å². The Hall–Kier alpha value is -3.29. The van der Waals surface area contributed by atoms with Crippen molar-refractivity contribution in [2.45, 2.75) is 44.2 Å². The predicted octanol–water partition coefficient (Wildman–Crippen LogP) is 7.13. The molecule has 4 aromatic carbocycles. The minimum absolute atomic E-state index is 0.152. The van der Waals surface area contributed by atoms with E-state index in [1.807, 2.05) is 0 Å². The molecule has 2 atom stereocenters. The molecule has 4 rings (SSSR count). The van der Waals surface area contributed by atoms with Crippen LogP contribution >= 0.6 is 25.5 Å². The Labute approximate surface area is 391 Å². The molecule has 0 aliphatic rings. The minimum Gasteiger partial charge on any atom is -0.310 e. The topological polar surface area (TPSA) is 135 Å². The Kier molecular flexibility index (Phi) is 38.2. The van der Waals surface area contributed by atoms with E-state index in [0.717, 1.165) is 20.2 Å². The Morgan fingerprint density at radius 3 is 1.03 bits per heavy atom. The first-order chi connectivity index (χ1) is 30.9. The molecular weight excluding hydrogens is 1060 g/mol. The Balaban J connectivity index is -0.000000925. The van der Waals surface area contributed by atoms with Crippen LogP contribution in [0.5, 0.6) is 0 Å². The van der Waals surface area contributed by atoms with Crippen LogP contribution in [0.4, 0.5) is 52.7 Å². The molecule has 0 bridgehead atoms. The van der Waals surface area contributed by atoms with Crippen molar-refractivity contribution in [1.29, 1.82) is 0 Å². The van der Waals surface area contributed by atoms with Crippen molar-refractivity contribution in [3.8, 4) is 0 Å². The quantitative estimate of drug-likeness (QED) is 0.0161. The molecule has 25 heteroatoms. The Morgan fingerprint density at radius 2 is 0.894 bits per heavy atom. The van der Waals surface area contributed by atoms with Gasteiger partial charge in [-0.05, 0) is 55.5 Å². The summed E-state index contributed by atoms with van der Waals surface area (Å²) in [6.45, 7) is 4.87. The molecule has 0 saturated heterocycles. The van der Waals surface area contributed by atoms with Crippen LogP contribution in [0.3, 0.4) is 0 Å². The van der Waals surface area contributed by atoms with Crippen LogP contribution in [0.15, 0.2) is 121 Å². The van der Waals surface area contributed by atoms with Crippen molar-refractivity contribution in [1.82, 2.24) is 5.32 Å². The summed E-state index contributed by atoms with van der Waals surface area (Å²) < 4.78 is 142. The van der Waals surface area contributed by atoms with Gasteiger partial charge in [0.1, 0.15) is 6.61 Å². The standard InChI is InChI=1S/C28H29NP2.C4H7F3O2.C3H5F3O2.C3H3F3O2.C2H3F3O.CHO.ClH.Ru.H/c1-5-13-25(14-6-1)30(26-15-7-2-8-16-26)23-21-29-22-24-31(27-17-9-3-10-18-27)28-19-11-4-12-20-28;1-2-9-3(8)4(5,6)7;2*1-8-2(7)3(4,5)6;3-2(4,5)1-6;1-2;;;/h1-20,29H,21-24H2;3,8H,2H2,1H3;2,7H,1H3;1H3;6H,1H2;1H;1H;;/q;;;;;-1;;+3;/p+1. The second kappa shape index (κ2) is 37.7. The molecule has 0 spiro atoms. The number of esters is 1. The monoisotopic (exact) mass is 1110 g/mol. The summed E-state index contributed by atoms with van der Waals surface area (Å²) in [4.78, 5) is 17.2. The van der Waals surface area contributed by atoms with Crippen molar-refractivity contribution in [2.24, 2.45) is 0 Å². The number of methoxy groups -OCH3 is 2. The Bertz CT molecular complexity index is 1580. The van der Waals surface area contributed by atoms with Crippen LogP contribution in [0.25, 0.3) is 0 Å². The third kappa shape index (κ3) is 33.2. The number of hydrogen-bond donors (Lipinski definition) is 4. The van der Waals surface area contributed by atoms with E-state index in [1.165, 1.54) is 40.5 Å². The van der Waals surface area contributed by atoms with Crippen LogP contribution in [-0.4, -0.2) is 118 Å². The first-order valence-corrected chi connectivity index (χ1v) is 24.2. The van der Waals surface area contributed by atoms with Crippen molar-refractivity contribution in [3.63, 3.8) is 0 Å². The van der Waals surface area contributed by atoms with Gasteiger partial charge in [-0.2, -0.15) is 52.7 Å². The zero-order valence-electron chi connectivity index (χ0n) is 35.2. The number of ether oxygens (including phenoxy) is 3. The van der Waals surface area contributed by atoms with Gasteiger partial charge in [0.2, 0.25) is 0 Å². The summed E-state index contributed by atoms with van der Waals surface area (Å²) in [5.74, 6) is -2.17. The molecular formula is C41H51ClF12NO8P2Ru+3. The van der Waals surface area contributed by atoms with Gasteiger partial charge in [0.15, 0.2) is 0 Å². The molecule has 0 fully saturated rings. The molecule has 0 aromatic heterocycles. The minimum atomic E-state index is -4.85. The fourth-order valence-corrected chi connectivity index (χ4v) is 9.58. The molecule has 0 saturated carbocycles. The van der Waals surface area contributed by atoms with E-state index >= 15 is 0 Å². The van der Waals surface area contributed by atoms with Crippen molar-refractivity contribution < 1.29 is 109 Å². The average molecular weight is 1110 g/mol. The van der Waals surface area contributed by atoms with Gasteiger partial charge < -0.3 is 39.6 Å². The maximum absolute atomic E-state index is 11.3. The molecule has 0 heterocycles. The molecule has 4 aromatic rings. The van der Waals surface area contributed by atoms with Crippen LogP contribution < -0.4 is 26.5 Å². The van der Waals surface area contributed by atoms with E-state index in [0.29, 0.717) is 7.11 Å². The van der Waals surface area contributed by atoms with E-state index in [9.17, 15) is 57.5 Å². The van der Waals surface area contributed by atoms with Crippen molar-refractivity contribution in [2.75, 3.05) is 52.8 Å². The van der Waals surface area contributed by atoms with Gasteiger partial charge in [0, 0.05) is 26.8 Å². The number of halogens is 13. The number of aliphatic hydroxyl groups is 3. The van der Waals surface area contributed by atoms with Gasteiger partial charge in [-0.15, -0.1) is 0 Å². The van der Waals surface area contributed by atoms with E-state index in [1.54, 1.807) is 17.3 Å². The first-order valence-electron chi connectivity index (χ1n) is 18.4. The van der Waals surface area contributed by atoms with Gasteiger partial charge in [-0.1, -0.05) is 72.8 Å². The van der Waals surface area contributed by atoms with E-state index in [-0.39, 0.29) is 6.61 Å². The summed E-state index contributed by atoms with van der Waals surface area (Å²) in [5.41, 5.74) is 0. The third-order valence-corrected chi connectivity index (χ3v) is 12.9. The van der Waals surface area contributed by atoms with E-state index in [4.69, 9.17) is 20.1 Å². The van der Waals surface area contributed by atoms with Gasteiger partial charge in [0.25, 0.3) is 12.6 Å². The fourth-order valence-electron chi connectivity index (χ4n) is 4.52. The normalized spacial score (nSPS) is 11.9. The molecule has 4 N–H and O–H groups in total. The van der Waals surface area contributed by atoms with Gasteiger partial charge >= 0.3 is 57.7 Å². The second-order valence-corrected chi connectivity index (χ2v) is 17.1. The third-order valence-electron chi connectivity index (χ3n) is 7.30. The molecule has 9 nitrogen and oxygen atoms in total. The van der Waals surface area contributed by atoms with Gasteiger partial charge in [-0.3, -0.25) is 6.79 Å². The van der Waals surface area contributed by atoms with E-state index in [2.05, 4.69) is 157 Å². The number of alkyl halides is 12. The summed E-state index contributed by atoms with van der Waals surface area (Å²) in [7, 11) is 4.55. The molecule has 0 aliphatic carbocycles. The Morgan fingerprint density at radius 1 is 0.621 bits per heavy atom. The number of aliphatic hydroxyl groups excluding tert-OH is 3. The first kappa shape index (κ1) is 67.0. The number of carbonyl (C=O) groups is 1. The van der Waals surface area contributed by atoms with Gasteiger partial charge in [-0.25, -0.2) is 4.79 Å². The van der Waals surface area contributed by atoms with Crippen LogP contribution in [0.1, 0.15) is 6.92 Å². The second-order valence-electron chi connectivity index (χ2n) is 11.9. The van der Waals surface area contributed by atoms with Crippen LogP contribution in [-0.2, 0) is 41.1 Å². The number of carbonyl (C=O) groups excluding carboxylic acids is 2. The maximum Gasteiger partial charge on any atom is 0.0967 e. The number of benzene rings is 4. The maximum atomic E-state index is 11.3. The zero-order valence-corrected chi connectivity index (χ0v) is 39.8. The fraction of sp³-hybridized carbons (Fsp3) is 0.366. The van der Waals surface area contributed by atoms with Crippen molar-refractivity contribution >= 4 is 59.5 Å². The summed E-state index contributed by atoms with van der Waals surface area (Å²) in [5, 5.41) is 32.9.